The maximum absolute atomic E-state index is 12.9. The zero-order chi connectivity index (χ0) is 11.6. The maximum atomic E-state index is 12.9. The molecule has 0 atom stereocenters. The second kappa shape index (κ2) is 4.01. The van der Waals surface area contributed by atoms with Gasteiger partial charge in [-0.2, -0.15) is 0 Å². The second-order valence-electron chi connectivity index (χ2n) is 4.55. The molecule has 0 unspecified atom stereocenters. The molecule has 0 fully saturated rings. The van der Waals surface area contributed by atoms with Gasteiger partial charge in [0.2, 0.25) is 0 Å². The highest BCUT2D eigenvalue weighted by Crippen LogP contribution is 2.21. The SMILES string of the molecule is Cc1cc(OC(=O)C(C)(C)C)ccc1F. The standard InChI is InChI=1S/C12H15FO2/c1-8-7-9(5-6-10(8)13)15-11(14)12(2,3)4/h5-7H,1-4H3. The van der Waals surface area contributed by atoms with E-state index in [-0.39, 0.29) is 11.8 Å². The summed E-state index contributed by atoms with van der Waals surface area (Å²) < 4.78 is 18.0. The van der Waals surface area contributed by atoms with E-state index in [0.29, 0.717) is 11.3 Å². The third-order valence-electron chi connectivity index (χ3n) is 1.95. The molecule has 0 aliphatic carbocycles. The molecule has 1 aromatic rings. The van der Waals surface area contributed by atoms with Crippen LogP contribution in [0.15, 0.2) is 18.2 Å². The van der Waals surface area contributed by atoms with Crippen molar-refractivity contribution in [2.75, 3.05) is 0 Å². The Kier molecular flexibility index (Phi) is 3.12. The average Bonchev–Trinajstić information content (AvgIpc) is 2.10. The molecule has 0 N–H and O–H groups in total. The Morgan fingerprint density at radius 2 is 1.93 bits per heavy atom. The lowest BCUT2D eigenvalue weighted by Crippen LogP contribution is -2.25. The van der Waals surface area contributed by atoms with E-state index in [4.69, 9.17) is 4.74 Å². The number of ether oxygens (including phenoxy) is 1. The molecule has 0 saturated heterocycles. The van der Waals surface area contributed by atoms with Crippen molar-refractivity contribution in [1.29, 1.82) is 0 Å². The number of carbonyl (C=O) groups is 1. The first-order valence-electron chi connectivity index (χ1n) is 4.79. The molecule has 3 heteroatoms. The van der Waals surface area contributed by atoms with Crippen molar-refractivity contribution in [2.24, 2.45) is 5.41 Å². The first-order valence-corrected chi connectivity index (χ1v) is 4.79. The summed E-state index contributed by atoms with van der Waals surface area (Å²) >= 11 is 0. The second-order valence-corrected chi connectivity index (χ2v) is 4.55. The summed E-state index contributed by atoms with van der Waals surface area (Å²) in [6.45, 7) is 6.94. The number of rotatable bonds is 1. The van der Waals surface area contributed by atoms with Gasteiger partial charge in [0.1, 0.15) is 11.6 Å². The topological polar surface area (TPSA) is 26.3 Å². The van der Waals surface area contributed by atoms with Crippen molar-refractivity contribution in [2.45, 2.75) is 27.7 Å². The Balaban J connectivity index is 2.83. The number of hydrogen-bond donors (Lipinski definition) is 0. The normalized spacial score (nSPS) is 11.3. The Labute approximate surface area is 89.1 Å². The van der Waals surface area contributed by atoms with Crippen LogP contribution in [0.1, 0.15) is 26.3 Å². The minimum Gasteiger partial charge on any atom is -0.426 e. The molecular weight excluding hydrogens is 195 g/mol. The third-order valence-corrected chi connectivity index (χ3v) is 1.95. The van der Waals surface area contributed by atoms with Crippen LogP contribution in [0.4, 0.5) is 4.39 Å². The Bertz CT molecular complexity index is 378. The fourth-order valence-electron chi connectivity index (χ4n) is 0.941. The van der Waals surface area contributed by atoms with Crippen LogP contribution >= 0.6 is 0 Å². The summed E-state index contributed by atoms with van der Waals surface area (Å²) in [7, 11) is 0. The minimum atomic E-state index is -0.553. The van der Waals surface area contributed by atoms with Gasteiger partial charge >= 0.3 is 5.97 Å². The van der Waals surface area contributed by atoms with E-state index in [1.54, 1.807) is 27.7 Å². The molecule has 0 aliphatic heterocycles. The van der Waals surface area contributed by atoms with Crippen molar-refractivity contribution >= 4 is 5.97 Å². The summed E-state index contributed by atoms with van der Waals surface area (Å²) in [6.07, 6.45) is 0. The Morgan fingerprint density at radius 3 is 2.40 bits per heavy atom. The van der Waals surface area contributed by atoms with Gasteiger partial charge in [0.05, 0.1) is 5.41 Å². The fourth-order valence-corrected chi connectivity index (χ4v) is 0.941. The molecule has 1 aromatic carbocycles. The zero-order valence-corrected chi connectivity index (χ0v) is 9.43. The molecule has 1 rings (SSSR count). The predicted molar refractivity (Wildman–Crippen MR) is 56.2 cm³/mol. The van der Waals surface area contributed by atoms with Gasteiger partial charge in [0.15, 0.2) is 0 Å². The van der Waals surface area contributed by atoms with Crippen LogP contribution in [0.3, 0.4) is 0 Å². The number of hydrogen-bond acceptors (Lipinski definition) is 2. The van der Waals surface area contributed by atoms with Crippen molar-refractivity contribution in [1.82, 2.24) is 0 Å². The van der Waals surface area contributed by atoms with Crippen LogP contribution in [0.5, 0.6) is 5.75 Å². The van der Waals surface area contributed by atoms with Crippen LogP contribution in [0.2, 0.25) is 0 Å². The van der Waals surface area contributed by atoms with E-state index in [0.717, 1.165) is 0 Å². The molecule has 82 valence electrons. The van der Waals surface area contributed by atoms with Gasteiger partial charge in [0.25, 0.3) is 0 Å². The summed E-state index contributed by atoms with van der Waals surface area (Å²) in [5, 5.41) is 0. The van der Waals surface area contributed by atoms with Crippen molar-refractivity contribution in [3.8, 4) is 5.75 Å². The molecule has 0 bridgehead atoms. The van der Waals surface area contributed by atoms with Crippen molar-refractivity contribution < 1.29 is 13.9 Å². The van der Waals surface area contributed by atoms with Gasteiger partial charge in [-0.15, -0.1) is 0 Å². The van der Waals surface area contributed by atoms with Crippen molar-refractivity contribution in [3.05, 3.63) is 29.6 Å². The Morgan fingerprint density at radius 1 is 1.33 bits per heavy atom. The van der Waals surface area contributed by atoms with Crippen LogP contribution in [-0.2, 0) is 4.79 Å². The predicted octanol–water partition coefficient (Wildman–Crippen LogP) is 3.09. The van der Waals surface area contributed by atoms with Gasteiger partial charge in [0, 0.05) is 0 Å². The molecule has 0 spiro atoms. The number of halogens is 1. The third kappa shape index (κ3) is 3.05. The minimum absolute atomic E-state index is 0.300. The van der Waals surface area contributed by atoms with E-state index >= 15 is 0 Å². The van der Waals surface area contributed by atoms with Gasteiger partial charge in [-0.05, 0) is 51.5 Å². The monoisotopic (exact) mass is 210 g/mol. The lowest BCUT2D eigenvalue weighted by Gasteiger charge is -2.16. The first-order chi connectivity index (χ1) is 6.80. The van der Waals surface area contributed by atoms with Crippen LogP contribution in [0, 0.1) is 18.2 Å². The Hall–Kier alpha value is -1.38. The summed E-state index contributed by atoms with van der Waals surface area (Å²) in [6, 6.07) is 4.26. The molecule has 0 aromatic heterocycles. The number of esters is 1. The van der Waals surface area contributed by atoms with Gasteiger partial charge in [-0.25, -0.2) is 4.39 Å². The van der Waals surface area contributed by atoms with Crippen LogP contribution in [0.25, 0.3) is 0 Å². The molecule has 0 heterocycles. The van der Waals surface area contributed by atoms with E-state index in [1.807, 2.05) is 0 Å². The maximum Gasteiger partial charge on any atom is 0.316 e. The first kappa shape index (κ1) is 11.7. The summed E-state index contributed by atoms with van der Waals surface area (Å²) in [4.78, 5) is 11.5. The molecule has 15 heavy (non-hydrogen) atoms. The zero-order valence-electron chi connectivity index (χ0n) is 9.43. The largest absolute Gasteiger partial charge is 0.426 e. The van der Waals surface area contributed by atoms with Crippen LogP contribution < -0.4 is 4.74 Å². The van der Waals surface area contributed by atoms with Crippen LogP contribution in [-0.4, -0.2) is 5.97 Å². The molecule has 0 radical (unpaired) electrons. The average molecular weight is 210 g/mol. The van der Waals surface area contributed by atoms with E-state index in [1.165, 1.54) is 18.2 Å². The molecule has 0 amide bonds. The summed E-state index contributed by atoms with van der Waals surface area (Å²) in [5.41, 5.74) is -0.0864. The van der Waals surface area contributed by atoms with E-state index < -0.39 is 5.41 Å². The highest BCUT2D eigenvalue weighted by Gasteiger charge is 2.23. The molecule has 0 aliphatic rings. The lowest BCUT2D eigenvalue weighted by atomic mass is 9.97. The number of carbonyl (C=O) groups excluding carboxylic acids is 1. The van der Waals surface area contributed by atoms with Gasteiger partial charge < -0.3 is 4.74 Å². The molecule has 0 saturated carbocycles. The quantitative estimate of drug-likeness (QED) is 0.526. The van der Waals surface area contributed by atoms with Crippen molar-refractivity contribution in [3.63, 3.8) is 0 Å². The van der Waals surface area contributed by atoms with Gasteiger partial charge in [-0.1, -0.05) is 0 Å². The molecular formula is C12H15FO2. The summed E-state index contributed by atoms with van der Waals surface area (Å²) in [5.74, 6) is -0.243. The van der Waals surface area contributed by atoms with Gasteiger partial charge in [-0.3, -0.25) is 4.79 Å². The fraction of sp³-hybridized carbons (Fsp3) is 0.417. The smallest absolute Gasteiger partial charge is 0.316 e. The van der Waals surface area contributed by atoms with E-state index in [2.05, 4.69) is 0 Å². The van der Waals surface area contributed by atoms with E-state index in [9.17, 15) is 9.18 Å². The molecule has 2 nitrogen and oxygen atoms in total. The lowest BCUT2D eigenvalue weighted by molar-refractivity contribution is -0.143. The number of aryl methyl sites for hydroxylation is 1. The highest BCUT2D eigenvalue weighted by atomic mass is 19.1. The number of benzene rings is 1. The highest BCUT2D eigenvalue weighted by molar-refractivity contribution is 5.77.